The van der Waals surface area contributed by atoms with Crippen molar-refractivity contribution in [2.75, 3.05) is 0 Å². The van der Waals surface area contributed by atoms with Crippen molar-refractivity contribution >= 4 is 10.8 Å². The van der Waals surface area contributed by atoms with E-state index in [0.29, 0.717) is 12.0 Å². The molecule has 0 N–H and O–H groups in total. The lowest BCUT2D eigenvalue weighted by Gasteiger charge is -2.29. The monoisotopic (exact) mass is 385 g/mol. The van der Waals surface area contributed by atoms with Crippen molar-refractivity contribution in [3.8, 4) is 17.2 Å². The highest BCUT2D eigenvalue weighted by molar-refractivity contribution is 5.91. The van der Waals surface area contributed by atoms with E-state index in [-0.39, 0.29) is 5.92 Å². The smallest absolute Gasteiger partial charge is 0.107 e. The summed E-state index contributed by atoms with van der Waals surface area (Å²) >= 11 is 0. The summed E-state index contributed by atoms with van der Waals surface area (Å²) in [5.74, 6) is 0.176. The zero-order valence-electron chi connectivity index (χ0n) is 17.1. The van der Waals surface area contributed by atoms with Gasteiger partial charge in [-0.15, -0.1) is 0 Å². The molecule has 0 fully saturated rings. The molecule has 0 bridgehead atoms. The molecule has 29 heavy (non-hydrogen) atoms. The fourth-order valence-electron chi connectivity index (χ4n) is 4.68. The van der Waals surface area contributed by atoms with Gasteiger partial charge in [-0.1, -0.05) is 69.0 Å². The SMILES string of the molecule is CCCCCC[C@H]1Cc2ccc3cc(-c4ccc(C#N)cc4)ccc3c2C[C@@H]1F. The molecule has 0 aromatic heterocycles. The Bertz CT molecular complexity index is 1030. The second-order valence-corrected chi connectivity index (χ2v) is 8.36. The lowest BCUT2D eigenvalue weighted by atomic mass is 9.78. The lowest BCUT2D eigenvalue weighted by Crippen LogP contribution is -2.27. The molecule has 0 unspecified atom stereocenters. The number of rotatable bonds is 6. The zero-order chi connectivity index (χ0) is 20.2. The van der Waals surface area contributed by atoms with E-state index in [2.05, 4.69) is 43.3 Å². The van der Waals surface area contributed by atoms with Gasteiger partial charge in [0.05, 0.1) is 11.6 Å². The van der Waals surface area contributed by atoms with E-state index < -0.39 is 6.17 Å². The molecule has 0 radical (unpaired) electrons. The largest absolute Gasteiger partial charge is 0.247 e. The Morgan fingerprint density at radius 1 is 0.931 bits per heavy atom. The minimum Gasteiger partial charge on any atom is -0.247 e. The average molecular weight is 386 g/mol. The van der Waals surface area contributed by atoms with Crippen LogP contribution in [0.3, 0.4) is 0 Å². The van der Waals surface area contributed by atoms with E-state index in [1.165, 1.54) is 41.2 Å². The summed E-state index contributed by atoms with van der Waals surface area (Å²) < 4.78 is 15.0. The summed E-state index contributed by atoms with van der Waals surface area (Å²) in [6, 6.07) is 20.7. The van der Waals surface area contributed by atoms with Crippen molar-refractivity contribution in [1.82, 2.24) is 0 Å². The van der Waals surface area contributed by atoms with Crippen LogP contribution in [0, 0.1) is 17.2 Å². The molecule has 1 nitrogen and oxygen atoms in total. The molecule has 1 aliphatic rings. The standard InChI is InChI=1S/C27H28FN/c1-2-3-4-5-6-24-16-23-12-11-22-15-21(20-9-7-19(18-29)8-10-20)13-14-25(22)26(23)17-27(24)28/h7-15,24,27H,2-6,16-17H2,1H3/t24-,27-/m0/s1. The van der Waals surface area contributed by atoms with Crippen molar-refractivity contribution in [1.29, 1.82) is 5.26 Å². The van der Waals surface area contributed by atoms with Crippen LogP contribution in [0.25, 0.3) is 21.9 Å². The predicted molar refractivity (Wildman–Crippen MR) is 119 cm³/mol. The number of hydrogen-bond donors (Lipinski definition) is 0. The quantitative estimate of drug-likeness (QED) is 0.405. The van der Waals surface area contributed by atoms with E-state index >= 15 is 0 Å². The van der Waals surface area contributed by atoms with Gasteiger partial charge in [-0.05, 0) is 70.0 Å². The first kappa shape index (κ1) is 19.6. The topological polar surface area (TPSA) is 23.8 Å². The first-order valence-corrected chi connectivity index (χ1v) is 10.9. The molecule has 0 spiro atoms. The van der Waals surface area contributed by atoms with Crippen LogP contribution in [-0.4, -0.2) is 6.17 Å². The van der Waals surface area contributed by atoms with Gasteiger partial charge < -0.3 is 0 Å². The lowest BCUT2D eigenvalue weighted by molar-refractivity contribution is 0.199. The summed E-state index contributed by atoms with van der Waals surface area (Å²) in [6.45, 7) is 2.21. The second kappa shape index (κ2) is 8.78. The van der Waals surface area contributed by atoms with Crippen molar-refractivity contribution < 1.29 is 4.39 Å². The van der Waals surface area contributed by atoms with Gasteiger partial charge in [-0.3, -0.25) is 0 Å². The predicted octanol–water partition coefficient (Wildman–Crippen LogP) is 7.40. The van der Waals surface area contributed by atoms with Crippen LogP contribution in [0.15, 0.2) is 54.6 Å². The number of nitriles is 1. The molecule has 3 aromatic carbocycles. The van der Waals surface area contributed by atoms with Gasteiger partial charge in [0, 0.05) is 6.42 Å². The van der Waals surface area contributed by atoms with E-state index in [4.69, 9.17) is 5.26 Å². The van der Waals surface area contributed by atoms with Crippen LogP contribution < -0.4 is 0 Å². The number of nitrogens with zero attached hydrogens (tertiary/aromatic N) is 1. The van der Waals surface area contributed by atoms with Gasteiger partial charge in [0.2, 0.25) is 0 Å². The normalized spacial score (nSPS) is 18.4. The highest BCUT2D eigenvalue weighted by atomic mass is 19.1. The maximum Gasteiger partial charge on any atom is 0.107 e. The first-order chi connectivity index (χ1) is 14.2. The summed E-state index contributed by atoms with van der Waals surface area (Å²) in [6.07, 6.45) is 6.55. The summed E-state index contributed by atoms with van der Waals surface area (Å²) in [5.41, 5.74) is 5.42. The van der Waals surface area contributed by atoms with Crippen molar-refractivity contribution in [3.05, 3.63) is 71.3 Å². The van der Waals surface area contributed by atoms with Crippen molar-refractivity contribution in [2.45, 2.75) is 58.0 Å². The number of fused-ring (bicyclic) bond motifs is 3. The molecule has 0 saturated heterocycles. The number of halogens is 1. The number of hydrogen-bond acceptors (Lipinski definition) is 1. The van der Waals surface area contributed by atoms with E-state index in [1.807, 2.05) is 24.3 Å². The van der Waals surface area contributed by atoms with Gasteiger partial charge in [0.15, 0.2) is 0 Å². The molecule has 3 aromatic rings. The van der Waals surface area contributed by atoms with Gasteiger partial charge >= 0.3 is 0 Å². The van der Waals surface area contributed by atoms with Crippen LogP contribution in [0.4, 0.5) is 4.39 Å². The molecule has 0 saturated carbocycles. The summed E-state index contributed by atoms with van der Waals surface area (Å²) in [4.78, 5) is 0. The molecular formula is C27H28FN. The second-order valence-electron chi connectivity index (χ2n) is 8.36. The van der Waals surface area contributed by atoms with Gasteiger partial charge in [0.25, 0.3) is 0 Å². The Labute approximate surface area is 173 Å². The van der Waals surface area contributed by atoms with Crippen LogP contribution >= 0.6 is 0 Å². The van der Waals surface area contributed by atoms with E-state index in [0.717, 1.165) is 30.4 Å². The van der Waals surface area contributed by atoms with Crippen LogP contribution in [-0.2, 0) is 12.8 Å². The fraction of sp³-hybridized carbons (Fsp3) is 0.370. The molecule has 0 heterocycles. The maximum atomic E-state index is 15.0. The highest BCUT2D eigenvalue weighted by Crippen LogP contribution is 2.36. The van der Waals surface area contributed by atoms with E-state index in [1.54, 1.807) is 0 Å². The van der Waals surface area contributed by atoms with Crippen LogP contribution in [0.5, 0.6) is 0 Å². The van der Waals surface area contributed by atoms with E-state index in [9.17, 15) is 4.39 Å². The Balaban J connectivity index is 1.58. The van der Waals surface area contributed by atoms with Gasteiger partial charge in [-0.25, -0.2) is 4.39 Å². The minimum atomic E-state index is -0.729. The third kappa shape index (κ3) is 4.20. The molecule has 1 aliphatic carbocycles. The van der Waals surface area contributed by atoms with Gasteiger partial charge in [-0.2, -0.15) is 5.26 Å². The average Bonchev–Trinajstić information content (AvgIpc) is 2.76. The fourth-order valence-corrected chi connectivity index (χ4v) is 4.68. The molecule has 148 valence electrons. The summed E-state index contributed by atoms with van der Waals surface area (Å²) in [7, 11) is 0. The Kier molecular flexibility index (Phi) is 5.95. The third-order valence-electron chi connectivity index (χ3n) is 6.40. The Hall–Kier alpha value is -2.66. The highest BCUT2D eigenvalue weighted by Gasteiger charge is 2.29. The summed E-state index contributed by atoms with van der Waals surface area (Å²) in [5, 5.41) is 11.3. The molecule has 2 atom stereocenters. The Morgan fingerprint density at radius 2 is 1.72 bits per heavy atom. The third-order valence-corrected chi connectivity index (χ3v) is 6.40. The maximum absolute atomic E-state index is 15.0. The molecule has 2 heteroatoms. The molecule has 0 amide bonds. The van der Waals surface area contributed by atoms with Crippen LogP contribution in [0.1, 0.15) is 55.7 Å². The van der Waals surface area contributed by atoms with Crippen molar-refractivity contribution in [2.24, 2.45) is 5.92 Å². The van der Waals surface area contributed by atoms with Gasteiger partial charge in [0.1, 0.15) is 6.17 Å². The van der Waals surface area contributed by atoms with Crippen molar-refractivity contribution in [3.63, 3.8) is 0 Å². The zero-order valence-corrected chi connectivity index (χ0v) is 17.1. The Morgan fingerprint density at radius 3 is 2.48 bits per heavy atom. The number of unbranched alkanes of at least 4 members (excludes halogenated alkanes) is 3. The molecular weight excluding hydrogens is 357 g/mol. The minimum absolute atomic E-state index is 0.176. The molecule has 0 aliphatic heterocycles. The number of benzene rings is 3. The molecule has 4 rings (SSSR count). The number of alkyl halides is 1. The first-order valence-electron chi connectivity index (χ1n) is 10.9. The van der Waals surface area contributed by atoms with Crippen LogP contribution in [0.2, 0.25) is 0 Å².